The van der Waals surface area contributed by atoms with Crippen molar-refractivity contribution >= 4 is 22.9 Å². The summed E-state index contributed by atoms with van der Waals surface area (Å²) in [6.45, 7) is 2.03. The molecule has 1 aromatic heterocycles. The Kier molecular flexibility index (Phi) is 6.09. The largest absolute Gasteiger partial charge is 0.496 e. The van der Waals surface area contributed by atoms with Crippen molar-refractivity contribution in [3.05, 3.63) is 114 Å². The monoisotopic (exact) mass is 460 g/mol. The van der Waals surface area contributed by atoms with Crippen molar-refractivity contribution in [2.24, 2.45) is 5.10 Å². The summed E-state index contributed by atoms with van der Waals surface area (Å²) in [5, 5.41) is 11.0. The molecule has 5 aromatic rings. The first-order valence-electron chi connectivity index (χ1n) is 11.3. The van der Waals surface area contributed by atoms with Crippen molar-refractivity contribution in [2.75, 3.05) is 7.11 Å². The van der Waals surface area contributed by atoms with Crippen LogP contribution in [0.5, 0.6) is 5.75 Å². The Morgan fingerprint density at radius 1 is 0.943 bits per heavy atom. The molecule has 0 atom stereocenters. The fraction of sp³-hybridized carbons (Fsp3) is 0.0690. The second-order valence-electron chi connectivity index (χ2n) is 8.08. The smallest absolute Gasteiger partial charge is 0.291 e. The van der Waals surface area contributed by atoms with Crippen LogP contribution in [0.2, 0.25) is 0 Å². The van der Waals surface area contributed by atoms with Gasteiger partial charge in [-0.25, -0.2) is 10.1 Å². The van der Waals surface area contributed by atoms with Gasteiger partial charge in [0.25, 0.3) is 5.91 Å². The molecule has 0 aliphatic heterocycles. The number of aromatic nitrogens is 2. The number of hydrogen-bond acceptors (Lipinski definition) is 4. The van der Waals surface area contributed by atoms with Crippen molar-refractivity contribution in [1.29, 1.82) is 0 Å². The Balaban J connectivity index is 1.55. The van der Waals surface area contributed by atoms with Gasteiger partial charge in [0.05, 0.1) is 24.7 Å². The van der Waals surface area contributed by atoms with Crippen LogP contribution in [0.3, 0.4) is 0 Å². The lowest BCUT2D eigenvalue weighted by molar-refractivity contribution is 0.0949. The second kappa shape index (κ2) is 9.65. The molecule has 35 heavy (non-hydrogen) atoms. The van der Waals surface area contributed by atoms with Gasteiger partial charge in [-0.15, -0.1) is 0 Å². The van der Waals surface area contributed by atoms with E-state index in [0.717, 1.165) is 38.8 Å². The molecule has 0 fully saturated rings. The van der Waals surface area contributed by atoms with Crippen LogP contribution in [0.25, 0.3) is 27.7 Å². The first-order valence-corrected chi connectivity index (χ1v) is 11.3. The van der Waals surface area contributed by atoms with Gasteiger partial charge < -0.3 is 4.74 Å². The third kappa shape index (κ3) is 4.42. The summed E-state index contributed by atoms with van der Waals surface area (Å²) in [6.07, 6.45) is 1.56. The summed E-state index contributed by atoms with van der Waals surface area (Å²) in [7, 11) is 1.60. The maximum atomic E-state index is 13.0. The second-order valence-corrected chi connectivity index (χ2v) is 8.08. The van der Waals surface area contributed by atoms with Crippen molar-refractivity contribution in [2.45, 2.75) is 6.92 Å². The van der Waals surface area contributed by atoms with Crippen LogP contribution >= 0.6 is 0 Å². The molecule has 0 saturated carbocycles. The zero-order valence-electron chi connectivity index (χ0n) is 19.5. The van der Waals surface area contributed by atoms with Crippen molar-refractivity contribution < 1.29 is 9.53 Å². The van der Waals surface area contributed by atoms with E-state index in [0.29, 0.717) is 5.75 Å². The summed E-state index contributed by atoms with van der Waals surface area (Å²) in [6, 6.07) is 31.6. The number of fused-ring (bicyclic) bond motifs is 1. The molecule has 172 valence electrons. The average Bonchev–Trinajstić information content (AvgIpc) is 3.34. The molecule has 5 rings (SSSR count). The zero-order chi connectivity index (χ0) is 24.2. The van der Waals surface area contributed by atoms with Crippen LogP contribution in [0, 0.1) is 6.92 Å². The summed E-state index contributed by atoms with van der Waals surface area (Å²) in [5.41, 5.74) is 7.41. The molecule has 0 bridgehead atoms. The number of ether oxygens (including phenoxy) is 1. The van der Waals surface area contributed by atoms with Crippen LogP contribution < -0.4 is 10.2 Å². The average molecular weight is 461 g/mol. The highest BCUT2D eigenvalue weighted by molar-refractivity contribution is 5.99. The molecule has 0 unspecified atom stereocenters. The number of aryl methyl sites for hydroxylation is 1. The molecule has 1 amide bonds. The third-order valence-corrected chi connectivity index (χ3v) is 5.86. The van der Waals surface area contributed by atoms with Gasteiger partial charge in [0.1, 0.15) is 5.75 Å². The fourth-order valence-corrected chi connectivity index (χ4v) is 4.11. The van der Waals surface area contributed by atoms with E-state index >= 15 is 0 Å². The van der Waals surface area contributed by atoms with Gasteiger partial charge in [0.15, 0.2) is 5.69 Å². The maximum Gasteiger partial charge on any atom is 0.291 e. The van der Waals surface area contributed by atoms with Gasteiger partial charge in [0, 0.05) is 11.1 Å². The summed E-state index contributed by atoms with van der Waals surface area (Å²) in [5.74, 6) is 0.276. The van der Waals surface area contributed by atoms with E-state index in [4.69, 9.17) is 4.74 Å². The Morgan fingerprint density at radius 2 is 1.69 bits per heavy atom. The van der Waals surface area contributed by atoms with E-state index in [9.17, 15) is 4.79 Å². The maximum absolute atomic E-state index is 13.0. The number of hydrazone groups is 1. The van der Waals surface area contributed by atoms with Crippen LogP contribution in [-0.2, 0) is 0 Å². The quantitative estimate of drug-likeness (QED) is 0.258. The molecular weight excluding hydrogens is 436 g/mol. The molecule has 4 aromatic carbocycles. The molecule has 0 saturated heterocycles. The van der Waals surface area contributed by atoms with Crippen LogP contribution in [0.1, 0.15) is 21.6 Å². The number of carbonyl (C=O) groups excluding carboxylic acids is 1. The lowest BCUT2D eigenvalue weighted by Gasteiger charge is -2.12. The summed E-state index contributed by atoms with van der Waals surface area (Å²) in [4.78, 5) is 13.0. The van der Waals surface area contributed by atoms with E-state index in [1.807, 2.05) is 84.4 Å². The number of benzene rings is 4. The van der Waals surface area contributed by atoms with Crippen LogP contribution in [0.15, 0.2) is 102 Å². The van der Waals surface area contributed by atoms with E-state index in [1.54, 1.807) is 13.3 Å². The lowest BCUT2D eigenvalue weighted by atomic mass is 10.0. The number of para-hydroxylation sites is 2. The van der Waals surface area contributed by atoms with Crippen LogP contribution in [0.4, 0.5) is 0 Å². The Morgan fingerprint density at radius 3 is 2.54 bits per heavy atom. The predicted molar refractivity (Wildman–Crippen MR) is 139 cm³/mol. The van der Waals surface area contributed by atoms with Gasteiger partial charge >= 0.3 is 0 Å². The molecule has 0 radical (unpaired) electrons. The van der Waals surface area contributed by atoms with Gasteiger partial charge in [-0.05, 0) is 47.5 Å². The molecule has 6 nitrogen and oxygen atoms in total. The Labute approximate surface area is 203 Å². The van der Waals surface area contributed by atoms with Gasteiger partial charge in [-0.3, -0.25) is 4.79 Å². The molecule has 1 N–H and O–H groups in total. The minimum atomic E-state index is -0.398. The fourth-order valence-electron chi connectivity index (χ4n) is 4.11. The summed E-state index contributed by atoms with van der Waals surface area (Å²) < 4.78 is 7.16. The Hall–Kier alpha value is -4.71. The number of hydrogen-bond donors (Lipinski definition) is 1. The van der Waals surface area contributed by atoms with Gasteiger partial charge in [0.2, 0.25) is 0 Å². The number of methoxy groups -OCH3 is 1. The molecule has 6 heteroatoms. The Bertz CT molecular complexity index is 1550. The highest BCUT2D eigenvalue weighted by atomic mass is 16.5. The van der Waals surface area contributed by atoms with E-state index in [2.05, 4.69) is 39.9 Å². The lowest BCUT2D eigenvalue weighted by Crippen LogP contribution is -2.18. The van der Waals surface area contributed by atoms with Crippen molar-refractivity contribution in [1.82, 2.24) is 15.2 Å². The molecule has 0 aliphatic rings. The molecule has 0 spiro atoms. The van der Waals surface area contributed by atoms with Crippen LogP contribution in [-0.4, -0.2) is 29.0 Å². The normalized spacial score (nSPS) is 11.1. The minimum absolute atomic E-state index is 0.272. The van der Waals surface area contributed by atoms with Crippen molar-refractivity contribution in [3.8, 4) is 22.7 Å². The van der Waals surface area contributed by atoms with Crippen molar-refractivity contribution in [3.63, 3.8) is 0 Å². The first kappa shape index (κ1) is 22.1. The topological polar surface area (TPSA) is 68.5 Å². The third-order valence-electron chi connectivity index (χ3n) is 5.86. The SMILES string of the molecule is COc1ccccc1/C=N\NC(=O)c1cc(-c2cccc3ccccc23)n(-c2ccccc2C)n1. The highest BCUT2D eigenvalue weighted by Gasteiger charge is 2.19. The number of amides is 1. The highest BCUT2D eigenvalue weighted by Crippen LogP contribution is 2.31. The minimum Gasteiger partial charge on any atom is -0.496 e. The molecule has 1 heterocycles. The summed E-state index contributed by atoms with van der Waals surface area (Å²) >= 11 is 0. The number of rotatable bonds is 6. The van der Waals surface area contributed by atoms with E-state index < -0.39 is 5.91 Å². The molecule has 0 aliphatic carbocycles. The first-order chi connectivity index (χ1) is 17.2. The molecular formula is C29H24N4O2. The predicted octanol–water partition coefficient (Wildman–Crippen LogP) is 5.77. The zero-order valence-corrected chi connectivity index (χ0v) is 19.5. The van der Waals surface area contributed by atoms with E-state index in [1.165, 1.54) is 0 Å². The van der Waals surface area contributed by atoms with E-state index in [-0.39, 0.29) is 5.69 Å². The van der Waals surface area contributed by atoms with Gasteiger partial charge in [-0.2, -0.15) is 10.2 Å². The number of carbonyl (C=O) groups is 1. The number of nitrogens with one attached hydrogen (secondary N) is 1. The standard InChI is InChI=1S/C29H24N4O2/c1-20-10-3-7-16-26(20)33-27(24-15-9-13-21-11-4-6-14-23(21)24)18-25(32-33)29(34)31-30-19-22-12-5-8-17-28(22)35-2/h3-19H,1-2H3,(H,31,34)/b30-19-. The van der Waals surface area contributed by atoms with Gasteiger partial charge in [-0.1, -0.05) is 72.8 Å². The number of nitrogens with zero attached hydrogens (tertiary/aromatic N) is 3.